The molecule has 0 radical (unpaired) electrons. The van der Waals surface area contributed by atoms with Crippen LogP contribution in [0.4, 0.5) is 0 Å². The molecule has 18 heavy (non-hydrogen) atoms. The van der Waals surface area contributed by atoms with Crippen LogP contribution in [0.25, 0.3) is 0 Å². The maximum absolute atomic E-state index is 4.45. The van der Waals surface area contributed by atoms with Crippen LogP contribution in [-0.2, 0) is 6.54 Å². The van der Waals surface area contributed by atoms with Crippen LogP contribution in [0.15, 0.2) is 28.7 Å². The number of halogens is 1. The largest absolute Gasteiger partial charge is 0.305 e. The van der Waals surface area contributed by atoms with E-state index in [9.17, 15) is 0 Å². The molecule has 2 nitrogen and oxygen atoms in total. The maximum atomic E-state index is 4.45. The van der Waals surface area contributed by atoms with Gasteiger partial charge in [-0.25, -0.2) is 4.98 Å². The highest BCUT2D eigenvalue weighted by Crippen LogP contribution is 2.24. The summed E-state index contributed by atoms with van der Waals surface area (Å²) in [5, 5.41) is 4.69. The highest BCUT2D eigenvalue weighted by Gasteiger charge is 2.10. The molecule has 0 aliphatic carbocycles. The van der Waals surface area contributed by atoms with Crippen LogP contribution >= 0.6 is 27.3 Å². The molecule has 96 valence electrons. The number of hydrogen-bond donors (Lipinski definition) is 1. The molecule has 1 heterocycles. The van der Waals surface area contributed by atoms with Gasteiger partial charge in [-0.1, -0.05) is 34.1 Å². The van der Waals surface area contributed by atoms with Gasteiger partial charge in [0.25, 0.3) is 0 Å². The summed E-state index contributed by atoms with van der Waals surface area (Å²) in [6.07, 6.45) is 0. The molecular formula is C14H17BrN2S. The van der Waals surface area contributed by atoms with Gasteiger partial charge in [0, 0.05) is 21.9 Å². The number of nitrogens with zero attached hydrogens (tertiary/aromatic N) is 1. The molecule has 0 spiro atoms. The van der Waals surface area contributed by atoms with Crippen LogP contribution in [0, 0.1) is 13.8 Å². The molecule has 1 N–H and O–H groups in total. The van der Waals surface area contributed by atoms with Crippen molar-refractivity contribution in [3.8, 4) is 0 Å². The van der Waals surface area contributed by atoms with E-state index in [1.807, 2.05) is 6.07 Å². The SMILES string of the molecule is Cc1nc(C)c(CN[C@@H](C)c2ccccc2Br)s1. The molecule has 0 aliphatic heterocycles. The smallest absolute Gasteiger partial charge is 0.0900 e. The van der Waals surface area contributed by atoms with Crippen LogP contribution < -0.4 is 5.32 Å². The Kier molecular flexibility index (Phi) is 4.54. The number of nitrogens with one attached hydrogen (secondary N) is 1. The monoisotopic (exact) mass is 324 g/mol. The maximum Gasteiger partial charge on any atom is 0.0900 e. The van der Waals surface area contributed by atoms with E-state index >= 15 is 0 Å². The molecule has 4 heteroatoms. The van der Waals surface area contributed by atoms with Crippen molar-refractivity contribution in [1.82, 2.24) is 10.3 Å². The van der Waals surface area contributed by atoms with Gasteiger partial charge in [0.05, 0.1) is 10.7 Å². The standard InChI is InChI=1S/C14H17BrN2S/c1-9(12-6-4-5-7-13(12)15)16-8-14-10(2)17-11(3)18-14/h4-7,9,16H,8H2,1-3H3/t9-/m0/s1. The highest BCUT2D eigenvalue weighted by atomic mass is 79.9. The second kappa shape index (κ2) is 5.95. The van der Waals surface area contributed by atoms with Gasteiger partial charge in [-0.15, -0.1) is 11.3 Å². The topological polar surface area (TPSA) is 24.9 Å². The Labute approximate surface area is 121 Å². The summed E-state index contributed by atoms with van der Waals surface area (Å²) in [5.41, 5.74) is 2.43. The third-order valence-electron chi connectivity index (χ3n) is 2.94. The average molecular weight is 325 g/mol. The Morgan fingerprint density at radius 3 is 2.67 bits per heavy atom. The van der Waals surface area contributed by atoms with Gasteiger partial charge >= 0.3 is 0 Å². The van der Waals surface area contributed by atoms with E-state index in [1.165, 1.54) is 10.4 Å². The van der Waals surface area contributed by atoms with Crippen molar-refractivity contribution in [2.45, 2.75) is 33.4 Å². The van der Waals surface area contributed by atoms with Crippen LogP contribution in [0.2, 0.25) is 0 Å². The van der Waals surface area contributed by atoms with Crippen molar-refractivity contribution >= 4 is 27.3 Å². The lowest BCUT2D eigenvalue weighted by molar-refractivity contribution is 0.575. The third kappa shape index (κ3) is 3.19. The van der Waals surface area contributed by atoms with Crippen LogP contribution in [-0.4, -0.2) is 4.98 Å². The second-order valence-electron chi connectivity index (χ2n) is 4.37. The van der Waals surface area contributed by atoms with Crippen LogP contribution in [0.5, 0.6) is 0 Å². The fourth-order valence-corrected chi connectivity index (χ4v) is 3.44. The van der Waals surface area contributed by atoms with Crippen molar-refractivity contribution in [2.24, 2.45) is 0 Å². The molecule has 2 aromatic rings. The zero-order chi connectivity index (χ0) is 13.1. The van der Waals surface area contributed by atoms with Gasteiger partial charge in [0.1, 0.15) is 0 Å². The average Bonchev–Trinajstić information content (AvgIpc) is 2.65. The molecule has 2 rings (SSSR count). The molecule has 0 saturated carbocycles. The predicted octanol–water partition coefficient (Wildman–Crippen LogP) is 4.37. The quantitative estimate of drug-likeness (QED) is 0.903. The van der Waals surface area contributed by atoms with E-state index in [2.05, 4.69) is 65.2 Å². The van der Waals surface area contributed by atoms with Crippen molar-refractivity contribution < 1.29 is 0 Å². The molecular weight excluding hydrogens is 308 g/mol. The molecule has 1 aromatic carbocycles. The zero-order valence-electron chi connectivity index (χ0n) is 10.8. The van der Waals surface area contributed by atoms with E-state index in [1.54, 1.807) is 11.3 Å². The summed E-state index contributed by atoms with van der Waals surface area (Å²) in [5.74, 6) is 0. The van der Waals surface area contributed by atoms with Crippen molar-refractivity contribution in [2.75, 3.05) is 0 Å². The fraction of sp³-hybridized carbons (Fsp3) is 0.357. The molecule has 1 aromatic heterocycles. The van der Waals surface area contributed by atoms with Gasteiger partial charge in [0.15, 0.2) is 0 Å². The number of aryl methyl sites for hydroxylation is 2. The summed E-state index contributed by atoms with van der Waals surface area (Å²) in [6, 6.07) is 8.65. The molecule has 0 bridgehead atoms. The minimum absolute atomic E-state index is 0.322. The molecule has 0 fully saturated rings. The lowest BCUT2D eigenvalue weighted by atomic mass is 10.1. The minimum Gasteiger partial charge on any atom is -0.305 e. The second-order valence-corrected chi connectivity index (χ2v) is 6.51. The summed E-state index contributed by atoms with van der Waals surface area (Å²) < 4.78 is 1.15. The Morgan fingerprint density at radius 1 is 1.33 bits per heavy atom. The van der Waals surface area contributed by atoms with Gasteiger partial charge in [-0.2, -0.15) is 0 Å². The molecule has 0 unspecified atom stereocenters. The molecule has 0 aliphatic rings. The third-order valence-corrected chi connectivity index (χ3v) is 4.74. The first kappa shape index (κ1) is 13.7. The first-order valence-electron chi connectivity index (χ1n) is 5.98. The van der Waals surface area contributed by atoms with E-state index in [4.69, 9.17) is 0 Å². The van der Waals surface area contributed by atoms with E-state index in [0.717, 1.165) is 21.7 Å². The fourth-order valence-electron chi connectivity index (χ4n) is 1.92. The summed E-state index contributed by atoms with van der Waals surface area (Å²) in [6.45, 7) is 7.19. The van der Waals surface area contributed by atoms with Crippen molar-refractivity contribution in [1.29, 1.82) is 0 Å². The van der Waals surface area contributed by atoms with Crippen LogP contribution in [0.3, 0.4) is 0 Å². The number of benzene rings is 1. The van der Waals surface area contributed by atoms with Crippen molar-refractivity contribution in [3.63, 3.8) is 0 Å². The van der Waals surface area contributed by atoms with Gasteiger partial charge in [0.2, 0.25) is 0 Å². The first-order valence-corrected chi connectivity index (χ1v) is 7.59. The first-order chi connectivity index (χ1) is 8.58. The lowest BCUT2D eigenvalue weighted by Gasteiger charge is -2.15. The van der Waals surface area contributed by atoms with E-state index in [0.29, 0.717) is 6.04 Å². The van der Waals surface area contributed by atoms with Gasteiger partial charge in [-0.3, -0.25) is 0 Å². The Morgan fingerprint density at radius 2 is 2.06 bits per heavy atom. The summed E-state index contributed by atoms with van der Waals surface area (Å²) in [4.78, 5) is 5.77. The van der Waals surface area contributed by atoms with Crippen molar-refractivity contribution in [3.05, 3.63) is 49.9 Å². The summed E-state index contributed by atoms with van der Waals surface area (Å²) >= 11 is 5.36. The zero-order valence-corrected chi connectivity index (χ0v) is 13.2. The number of rotatable bonds is 4. The normalized spacial score (nSPS) is 12.7. The Hall–Kier alpha value is -0.710. The van der Waals surface area contributed by atoms with E-state index in [-0.39, 0.29) is 0 Å². The van der Waals surface area contributed by atoms with Gasteiger partial charge in [-0.05, 0) is 32.4 Å². The number of hydrogen-bond acceptors (Lipinski definition) is 3. The number of thiazole rings is 1. The highest BCUT2D eigenvalue weighted by molar-refractivity contribution is 9.10. The predicted molar refractivity (Wildman–Crippen MR) is 81.0 cm³/mol. The van der Waals surface area contributed by atoms with Crippen LogP contribution in [0.1, 0.15) is 34.1 Å². The number of aromatic nitrogens is 1. The lowest BCUT2D eigenvalue weighted by Crippen LogP contribution is -2.18. The Bertz CT molecular complexity index is 536. The van der Waals surface area contributed by atoms with E-state index < -0.39 is 0 Å². The Balaban J connectivity index is 2.03. The molecule has 0 amide bonds. The molecule has 1 atom stereocenters. The minimum atomic E-state index is 0.322. The van der Waals surface area contributed by atoms with Gasteiger partial charge < -0.3 is 5.32 Å². The summed E-state index contributed by atoms with van der Waals surface area (Å²) in [7, 11) is 0. The molecule has 0 saturated heterocycles.